The van der Waals surface area contributed by atoms with Gasteiger partial charge in [-0.3, -0.25) is 0 Å². The first kappa shape index (κ1) is 19.8. The number of ether oxygens (including phenoxy) is 2. The zero-order chi connectivity index (χ0) is 22.2. The Balaban J connectivity index is 1.16. The number of amides is 2. The van der Waals surface area contributed by atoms with Gasteiger partial charge in [0, 0.05) is 10.9 Å². The Labute approximate surface area is 189 Å². The van der Waals surface area contributed by atoms with Crippen LogP contribution in [0.5, 0.6) is 0 Å². The van der Waals surface area contributed by atoms with Crippen LogP contribution in [0.25, 0.3) is 22.2 Å². The van der Waals surface area contributed by atoms with Crippen LogP contribution in [0.15, 0.2) is 72.8 Å². The molecule has 0 unspecified atom stereocenters. The van der Waals surface area contributed by atoms with Gasteiger partial charge in [-0.25, -0.2) is 9.48 Å². The van der Waals surface area contributed by atoms with E-state index >= 15 is 0 Å². The average Bonchev–Trinajstić information content (AvgIpc) is 3.57. The molecule has 0 spiro atoms. The Kier molecular flexibility index (Phi) is 4.97. The third-order valence-corrected chi connectivity index (χ3v) is 6.22. The summed E-state index contributed by atoms with van der Waals surface area (Å²) in [4.78, 5) is 12.8. The third-order valence-electron chi connectivity index (χ3n) is 6.22. The molecule has 3 aromatic carbocycles. The summed E-state index contributed by atoms with van der Waals surface area (Å²) in [6.07, 6.45) is -0.528. The number of fused-ring (bicyclic) bond motifs is 2. The molecule has 3 heterocycles. The standard InChI is InChI=1S/C24H22N6O3/c31-24(25-18-12-6-10-15-7-4-5-11-17(15)18)26-19-13-32-22-20(14-33-21(19)22)30-23(27-28-29-30)16-8-2-1-3-9-16/h1-12,19-22H,13-14H2,(H2,25,26,31)/t19-,20-,21+,22+/m0/s1. The quantitative estimate of drug-likeness (QED) is 0.504. The second-order valence-electron chi connectivity index (χ2n) is 8.21. The number of carbonyl (C=O) groups is 1. The first-order valence-electron chi connectivity index (χ1n) is 10.9. The van der Waals surface area contributed by atoms with E-state index in [1.807, 2.05) is 72.8 Å². The number of urea groups is 1. The van der Waals surface area contributed by atoms with E-state index < -0.39 is 0 Å². The van der Waals surface area contributed by atoms with E-state index in [0.717, 1.165) is 22.0 Å². The van der Waals surface area contributed by atoms with E-state index in [1.165, 1.54) is 0 Å². The van der Waals surface area contributed by atoms with E-state index in [9.17, 15) is 4.79 Å². The molecule has 0 saturated carbocycles. The fraction of sp³-hybridized carbons (Fsp3) is 0.250. The van der Waals surface area contributed by atoms with E-state index in [-0.39, 0.29) is 30.3 Å². The van der Waals surface area contributed by atoms with Crippen LogP contribution in [-0.4, -0.2) is 57.7 Å². The molecule has 9 heteroatoms. The number of carbonyl (C=O) groups excluding carboxylic acids is 1. The van der Waals surface area contributed by atoms with Crippen molar-refractivity contribution in [3.05, 3.63) is 72.8 Å². The Morgan fingerprint density at radius 3 is 2.61 bits per heavy atom. The molecule has 6 rings (SSSR count). The first-order chi connectivity index (χ1) is 16.3. The molecule has 0 bridgehead atoms. The average molecular weight is 442 g/mol. The lowest BCUT2D eigenvalue weighted by molar-refractivity contribution is 0.0624. The van der Waals surface area contributed by atoms with Crippen molar-refractivity contribution < 1.29 is 14.3 Å². The van der Waals surface area contributed by atoms with Crippen LogP contribution in [-0.2, 0) is 9.47 Å². The molecule has 1 aromatic heterocycles. The zero-order valence-corrected chi connectivity index (χ0v) is 17.7. The van der Waals surface area contributed by atoms with Gasteiger partial charge in [0.1, 0.15) is 18.2 Å². The number of rotatable bonds is 4. The highest BCUT2D eigenvalue weighted by Gasteiger charge is 2.50. The Morgan fingerprint density at radius 1 is 0.909 bits per heavy atom. The second-order valence-corrected chi connectivity index (χ2v) is 8.21. The summed E-state index contributed by atoms with van der Waals surface area (Å²) in [7, 11) is 0. The molecule has 2 aliphatic rings. The summed E-state index contributed by atoms with van der Waals surface area (Å²) < 4.78 is 13.9. The first-order valence-corrected chi connectivity index (χ1v) is 10.9. The molecule has 33 heavy (non-hydrogen) atoms. The molecule has 4 atom stereocenters. The lowest BCUT2D eigenvalue weighted by Gasteiger charge is -2.19. The molecule has 166 valence electrons. The van der Waals surface area contributed by atoms with Gasteiger partial charge in [0.25, 0.3) is 0 Å². The molecule has 2 aliphatic heterocycles. The van der Waals surface area contributed by atoms with Gasteiger partial charge in [0.2, 0.25) is 0 Å². The lowest BCUT2D eigenvalue weighted by atomic mass is 10.1. The highest BCUT2D eigenvalue weighted by molar-refractivity contribution is 6.01. The number of aromatic nitrogens is 4. The maximum absolute atomic E-state index is 12.8. The van der Waals surface area contributed by atoms with Crippen molar-refractivity contribution in [2.75, 3.05) is 18.5 Å². The topological polar surface area (TPSA) is 103 Å². The fourth-order valence-corrected chi connectivity index (χ4v) is 4.67. The van der Waals surface area contributed by atoms with Crippen molar-refractivity contribution in [1.29, 1.82) is 0 Å². The van der Waals surface area contributed by atoms with Gasteiger partial charge in [-0.15, -0.1) is 5.10 Å². The van der Waals surface area contributed by atoms with Crippen molar-refractivity contribution in [1.82, 2.24) is 25.5 Å². The van der Waals surface area contributed by atoms with Crippen molar-refractivity contribution in [2.24, 2.45) is 0 Å². The van der Waals surface area contributed by atoms with Crippen molar-refractivity contribution in [3.8, 4) is 11.4 Å². The minimum absolute atomic E-state index is 0.173. The summed E-state index contributed by atoms with van der Waals surface area (Å²) in [5.74, 6) is 0.665. The highest BCUT2D eigenvalue weighted by Crippen LogP contribution is 2.35. The normalized spacial score (nSPS) is 24.0. The fourth-order valence-electron chi connectivity index (χ4n) is 4.67. The molecule has 2 amide bonds. The van der Waals surface area contributed by atoms with E-state index in [4.69, 9.17) is 9.47 Å². The van der Waals surface area contributed by atoms with Gasteiger partial charge in [-0.1, -0.05) is 66.7 Å². The van der Waals surface area contributed by atoms with Crippen molar-refractivity contribution in [3.63, 3.8) is 0 Å². The summed E-state index contributed by atoms with van der Waals surface area (Å²) in [6, 6.07) is 22.8. The van der Waals surface area contributed by atoms with Crippen molar-refractivity contribution >= 4 is 22.5 Å². The smallest absolute Gasteiger partial charge is 0.319 e. The maximum Gasteiger partial charge on any atom is 0.319 e. The summed E-state index contributed by atoms with van der Waals surface area (Å²) >= 11 is 0. The minimum Gasteiger partial charge on any atom is -0.371 e. The lowest BCUT2D eigenvalue weighted by Crippen LogP contribution is -2.45. The minimum atomic E-state index is -0.292. The second kappa shape index (κ2) is 8.27. The molecule has 9 nitrogen and oxygen atoms in total. The van der Waals surface area contributed by atoms with Crippen LogP contribution in [0.2, 0.25) is 0 Å². The Bertz CT molecular complexity index is 1290. The third kappa shape index (κ3) is 3.61. The van der Waals surface area contributed by atoms with Crippen LogP contribution in [0.1, 0.15) is 6.04 Å². The van der Waals surface area contributed by atoms with Gasteiger partial charge in [0.05, 0.1) is 24.9 Å². The molecule has 2 N–H and O–H groups in total. The number of benzene rings is 3. The molecular formula is C24H22N6O3. The summed E-state index contributed by atoms with van der Waals surface area (Å²) in [5, 5.41) is 20.3. The van der Waals surface area contributed by atoms with Gasteiger partial charge < -0.3 is 20.1 Å². The number of nitrogens with one attached hydrogen (secondary N) is 2. The van der Waals surface area contributed by atoms with Crippen molar-refractivity contribution in [2.45, 2.75) is 24.3 Å². The van der Waals surface area contributed by atoms with E-state index in [0.29, 0.717) is 19.0 Å². The summed E-state index contributed by atoms with van der Waals surface area (Å²) in [5.41, 5.74) is 1.68. The SMILES string of the molecule is O=C(Nc1cccc2ccccc12)N[C@H]1CO[C@H]2[C@@H]1OC[C@@H]2n1nnnc1-c1ccccc1. The number of tetrazole rings is 1. The monoisotopic (exact) mass is 442 g/mol. The van der Waals surface area contributed by atoms with Gasteiger partial charge in [0.15, 0.2) is 5.82 Å². The van der Waals surface area contributed by atoms with Crippen LogP contribution in [0.3, 0.4) is 0 Å². The van der Waals surface area contributed by atoms with E-state index in [1.54, 1.807) is 4.68 Å². The largest absolute Gasteiger partial charge is 0.371 e. The van der Waals surface area contributed by atoms with Crippen LogP contribution in [0, 0.1) is 0 Å². The highest BCUT2D eigenvalue weighted by atomic mass is 16.6. The Morgan fingerprint density at radius 2 is 1.70 bits per heavy atom. The maximum atomic E-state index is 12.8. The number of anilines is 1. The summed E-state index contributed by atoms with van der Waals surface area (Å²) in [6.45, 7) is 0.765. The number of hydrogen-bond donors (Lipinski definition) is 2. The molecular weight excluding hydrogens is 420 g/mol. The predicted octanol–water partition coefficient (Wildman–Crippen LogP) is 3.02. The number of hydrogen-bond acceptors (Lipinski definition) is 6. The van der Waals surface area contributed by atoms with Crippen LogP contribution < -0.4 is 10.6 Å². The van der Waals surface area contributed by atoms with E-state index in [2.05, 4.69) is 26.2 Å². The number of nitrogens with zero attached hydrogens (tertiary/aromatic N) is 4. The van der Waals surface area contributed by atoms with Gasteiger partial charge >= 0.3 is 6.03 Å². The van der Waals surface area contributed by atoms with Gasteiger partial charge in [-0.05, 0) is 21.9 Å². The zero-order valence-electron chi connectivity index (χ0n) is 17.7. The molecule has 0 radical (unpaired) electrons. The van der Waals surface area contributed by atoms with Gasteiger partial charge in [-0.2, -0.15) is 0 Å². The van der Waals surface area contributed by atoms with Crippen LogP contribution in [0.4, 0.5) is 10.5 Å². The molecule has 0 aliphatic carbocycles. The molecule has 4 aromatic rings. The molecule has 2 fully saturated rings. The predicted molar refractivity (Wildman–Crippen MR) is 122 cm³/mol. The Hall–Kier alpha value is -3.82. The van der Waals surface area contributed by atoms with Crippen LogP contribution >= 0.6 is 0 Å². The molecule has 2 saturated heterocycles.